The fourth-order valence-corrected chi connectivity index (χ4v) is 10.00. The van der Waals surface area contributed by atoms with E-state index >= 15 is 0 Å². The lowest BCUT2D eigenvalue weighted by molar-refractivity contribution is -0.233. The van der Waals surface area contributed by atoms with Gasteiger partial charge in [-0.1, -0.05) is 13.8 Å². The van der Waals surface area contributed by atoms with Gasteiger partial charge in [0.1, 0.15) is 17.8 Å². The Morgan fingerprint density at radius 3 is 2.41 bits per heavy atom. The third kappa shape index (κ3) is 3.28. The molecule has 0 bridgehead atoms. The Bertz CT molecular complexity index is 1050. The van der Waals surface area contributed by atoms with E-state index in [4.69, 9.17) is 14.2 Å². The van der Waals surface area contributed by atoms with Gasteiger partial charge in [-0.05, 0) is 82.6 Å². The maximum absolute atomic E-state index is 12.5. The van der Waals surface area contributed by atoms with E-state index in [1.54, 1.807) is 13.0 Å². The number of fused-ring (bicyclic) bond motifs is 3. The van der Waals surface area contributed by atoms with Crippen LogP contribution < -0.4 is 0 Å². The number of carbonyl (C=O) groups is 2. The molecule has 3 aliphatic heterocycles. The van der Waals surface area contributed by atoms with Crippen molar-refractivity contribution in [2.75, 3.05) is 0 Å². The molecule has 0 radical (unpaired) electrons. The zero-order valence-electron chi connectivity index (χ0n) is 22.7. The van der Waals surface area contributed by atoms with Gasteiger partial charge in [0.2, 0.25) is 0 Å². The lowest BCUT2D eigenvalue weighted by atomic mass is 9.51. The van der Waals surface area contributed by atoms with E-state index in [1.165, 1.54) is 0 Å². The highest BCUT2D eigenvalue weighted by Gasteiger charge is 2.74. The number of cyclic esters (lactones) is 1. The first-order chi connectivity index (χ1) is 17.2. The normalized spacial score (nSPS) is 51.7. The minimum absolute atomic E-state index is 0.00260. The van der Waals surface area contributed by atoms with E-state index in [0.29, 0.717) is 44.1 Å². The molecule has 3 aliphatic carbocycles. The molecular weight excluding hydrogens is 476 g/mol. The van der Waals surface area contributed by atoms with Gasteiger partial charge in [-0.15, -0.1) is 0 Å². The smallest absolute Gasteiger partial charge is 0.334 e. The molecule has 8 heteroatoms. The number of rotatable bonds is 3. The second-order valence-electron chi connectivity index (χ2n) is 13.9. The van der Waals surface area contributed by atoms with E-state index in [2.05, 4.69) is 6.92 Å². The van der Waals surface area contributed by atoms with Gasteiger partial charge >= 0.3 is 11.9 Å². The highest BCUT2D eigenvalue weighted by molar-refractivity contribution is 5.90. The van der Waals surface area contributed by atoms with Crippen molar-refractivity contribution in [3.8, 4) is 0 Å². The lowest BCUT2D eigenvalue weighted by Gasteiger charge is -2.58. The van der Waals surface area contributed by atoms with Crippen LogP contribution in [0.5, 0.6) is 0 Å². The van der Waals surface area contributed by atoms with E-state index in [1.807, 2.05) is 20.8 Å². The maximum atomic E-state index is 12.5. The number of hydrogen-bond donors (Lipinski definition) is 3. The zero-order chi connectivity index (χ0) is 26.8. The quantitative estimate of drug-likeness (QED) is 0.488. The molecule has 0 aromatic rings. The van der Waals surface area contributed by atoms with E-state index < -0.39 is 46.0 Å². The molecular formula is C29H42O8. The molecule has 5 fully saturated rings. The summed E-state index contributed by atoms with van der Waals surface area (Å²) in [6.45, 7) is 9.89. The molecule has 0 aromatic carbocycles. The maximum Gasteiger partial charge on any atom is 0.334 e. The van der Waals surface area contributed by atoms with Gasteiger partial charge in [-0.3, -0.25) is 4.79 Å². The Kier molecular flexibility index (Phi) is 5.43. The first-order valence-electron chi connectivity index (χ1n) is 14.1. The standard InChI is InChI=1S/C29H42O8/c1-15-12-18(35-24(15)32)23(31)16(2)17-8-9-29(34)20-7-6-19-25(3,4)36-21-13-22(30)37-28(19,21)14-27(20,33)11-10-26(17,29)5/h12,16-21,23,31,33-34H,6-11,13-14H2,1-5H3/t16-,17-,18+,19+,20-,21-,23-,26-,27+,28-,29-/m1/s1. The largest absolute Gasteiger partial charge is 0.456 e. The van der Waals surface area contributed by atoms with Crippen LogP contribution in [0, 0.1) is 29.1 Å². The molecule has 0 aromatic heterocycles. The summed E-state index contributed by atoms with van der Waals surface area (Å²) in [6, 6.07) is 0. The van der Waals surface area contributed by atoms with Gasteiger partial charge < -0.3 is 29.5 Å². The minimum Gasteiger partial charge on any atom is -0.456 e. The van der Waals surface area contributed by atoms with Crippen LogP contribution in [0.4, 0.5) is 0 Å². The molecule has 3 saturated carbocycles. The van der Waals surface area contributed by atoms with Gasteiger partial charge in [0, 0.05) is 23.8 Å². The first kappa shape index (κ1) is 25.8. The summed E-state index contributed by atoms with van der Waals surface area (Å²) < 4.78 is 17.8. The van der Waals surface area contributed by atoms with Crippen LogP contribution in [0.2, 0.25) is 0 Å². The number of esters is 2. The summed E-state index contributed by atoms with van der Waals surface area (Å²) >= 11 is 0. The molecule has 0 amide bonds. The number of aliphatic hydroxyl groups is 3. The Labute approximate surface area is 218 Å². The minimum atomic E-state index is -1.17. The van der Waals surface area contributed by atoms with E-state index in [-0.39, 0.29) is 42.2 Å². The van der Waals surface area contributed by atoms with Crippen LogP contribution in [0.1, 0.15) is 86.0 Å². The van der Waals surface area contributed by atoms with Crippen molar-refractivity contribution in [1.29, 1.82) is 0 Å². The zero-order valence-corrected chi connectivity index (χ0v) is 22.7. The molecule has 8 nitrogen and oxygen atoms in total. The predicted molar refractivity (Wildman–Crippen MR) is 132 cm³/mol. The van der Waals surface area contributed by atoms with Crippen molar-refractivity contribution < 1.29 is 39.1 Å². The fraction of sp³-hybridized carbons (Fsp3) is 0.862. The second kappa shape index (κ2) is 7.80. The molecule has 6 aliphatic rings. The average Bonchev–Trinajstić information content (AvgIpc) is 3.40. The van der Waals surface area contributed by atoms with Crippen molar-refractivity contribution in [3.05, 3.63) is 11.6 Å². The summed E-state index contributed by atoms with van der Waals surface area (Å²) in [5.74, 6) is -1.28. The van der Waals surface area contributed by atoms with Crippen molar-refractivity contribution in [2.24, 2.45) is 29.1 Å². The van der Waals surface area contributed by atoms with Crippen LogP contribution in [-0.4, -0.2) is 68.0 Å². The second-order valence-corrected chi connectivity index (χ2v) is 13.9. The topological polar surface area (TPSA) is 123 Å². The molecule has 3 N–H and O–H groups in total. The Morgan fingerprint density at radius 2 is 1.73 bits per heavy atom. The first-order valence-corrected chi connectivity index (χ1v) is 14.1. The van der Waals surface area contributed by atoms with E-state index in [9.17, 15) is 24.9 Å². The summed E-state index contributed by atoms with van der Waals surface area (Å²) in [5, 5.41) is 36.0. The molecule has 3 heterocycles. The molecule has 2 saturated heterocycles. The highest BCUT2D eigenvalue weighted by atomic mass is 16.6. The molecule has 37 heavy (non-hydrogen) atoms. The van der Waals surface area contributed by atoms with Crippen molar-refractivity contribution in [1.82, 2.24) is 0 Å². The average molecular weight is 519 g/mol. The monoisotopic (exact) mass is 518 g/mol. The van der Waals surface area contributed by atoms with Gasteiger partial charge in [-0.2, -0.15) is 0 Å². The van der Waals surface area contributed by atoms with Gasteiger partial charge in [0.25, 0.3) is 0 Å². The summed E-state index contributed by atoms with van der Waals surface area (Å²) in [4.78, 5) is 24.3. The molecule has 0 unspecified atom stereocenters. The number of aliphatic hydroxyl groups excluding tert-OH is 1. The van der Waals surface area contributed by atoms with Gasteiger partial charge in [0.15, 0.2) is 0 Å². The van der Waals surface area contributed by atoms with Crippen molar-refractivity contribution >= 4 is 11.9 Å². The number of ether oxygens (including phenoxy) is 3. The van der Waals surface area contributed by atoms with Crippen LogP contribution in [0.15, 0.2) is 11.6 Å². The van der Waals surface area contributed by atoms with Crippen LogP contribution in [-0.2, 0) is 23.8 Å². The van der Waals surface area contributed by atoms with Crippen LogP contribution in [0.25, 0.3) is 0 Å². The van der Waals surface area contributed by atoms with E-state index in [0.717, 1.165) is 6.42 Å². The SMILES string of the molecule is CC1=C[C@@H]([C@H](O)[C@H](C)[C@H]2CC[C@@]3(O)[C@@H]4CC[C@H]5C(C)(C)O[C@@H]6CC(=O)O[C@@]65C[C@@]4(O)CC[C@]23C)OC1=O. The molecule has 1 spiro atoms. The Balaban J connectivity index is 1.31. The predicted octanol–water partition coefficient (Wildman–Crippen LogP) is 2.81. The molecule has 11 atom stereocenters. The van der Waals surface area contributed by atoms with Crippen LogP contribution >= 0.6 is 0 Å². The molecule has 206 valence electrons. The number of hydrogen-bond acceptors (Lipinski definition) is 8. The fourth-order valence-electron chi connectivity index (χ4n) is 10.00. The van der Waals surface area contributed by atoms with Gasteiger partial charge in [-0.25, -0.2) is 4.79 Å². The summed E-state index contributed by atoms with van der Waals surface area (Å²) in [6.07, 6.45) is 3.96. The summed E-state index contributed by atoms with van der Waals surface area (Å²) in [7, 11) is 0. The Morgan fingerprint density at radius 1 is 1.03 bits per heavy atom. The lowest BCUT2D eigenvalue weighted by Crippen LogP contribution is -2.64. The van der Waals surface area contributed by atoms with Gasteiger partial charge in [0.05, 0.1) is 29.3 Å². The summed E-state index contributed by atoms with van der Waals surface area (Å²) in [5.41, 5.74) is -3.63. The Hall–Kier alpha value is -1.48. The third-order valence-corrected chi connectivity index (χ3v) is 11.8. The van der Waals surface area contributed by atoms with Crippen molar-refractivity contribution in [3.63, 3.8) is 0 Å². The number of carbonyl (C=O) groups excluding carboxylic acids is 2. The van der Waals surface area contributed by atoms with Crippen LogP contribution in [0.3, 0.4) is 0 Å². The van der Waals surface area contributed by atoms with Crippen molar-refractivity contribution in [2.45, 2.75) is 127 Å². The molecule has 6 rings (SSSR count). The third-order valence-electron chi connectivity index (χ3n) is 11.8. The highest BCUT2D eigenvalue weighted by Crippen LogP contribution is 2.69.